The van der Waals surface area contributed by atoms with E-state index in [1.54, 1.807) is 6.92 Å². The second-order valence-electron chi connectivity index (χ2n) is 3.66. The van der Waals surface area contributed by atoms with Crippen molar-refractivity contribution in [1.29, 1.82) is 0 Å². The van der Waals surface area contributed by atoms with Crippen molar-refractivity contribution >= 4 is 0 Å². The van der Waals surface area contributed by atoms with E-state index in [0.717, 1.165) is 17.1 Å². The van der Waals surface area contributed by atoms with E-state index in [2.05, 4.69) is 0 Å². The summed E-state index contributed by atoms with van der Waals surface area (Å²) in [7, 11) is 0. The number of hydrogen-bond donors (Lipinski definition) is 1. The van der Waals surface area contributed by atoms with Crippen LogP contribution < -0.4 is 4.74 Å². The number of rotatable bonds is 3. The zero-order chi connectivity index (χ0) is 11.4. The minimum absolute atomic E-state index is 0.473. The van der Waals surface area contributed by atoms with E-state index in [1.165, 1.54) is 0 Å². The monoisotopic (exact) mass is 214 g/mol. The van der Waals surface area contributed by atoms with Crippen LogP contribution in [0, 0.1) is 0 Å². The summed E-state index contributed by atoms with van der Waals surface area (Å²) in [5.41, 5.74) is 0.855. The number of benzene rings is 2. The van der Waals surface area contributed by atoms with E-state index in [0.29, 0.717) is 0 Å². The Hall–Kier alpha value is -1.80. The molecule has 0 radical (unpaired) electrons. The molecule has 0 saturated heterocycles. The van der Waals surface area contributed by atoms with Crippen LogP contribution in [0.15, 0.2) is 54.6 Å². The quantitative estimate of drug-likeness (QED) is 0.846. The Kier molecular flexibility index (Phi) is 3.22. The molecule has 2 heteroatoms. The Balaban J connectivity index is 2.19. The average Bonchev–Trinajstić information content (AvgIpc) is 2.30. The fraction of sp³-hybridized carbons (Fsp3) is 0.143. The van der Waals surface area contributed by atoms with Crippen molar-refractivity contribution in [2.75, 3.05) is 0 Å². The van der Waals surface area contributed by atoms with Crippen molar-refractivity contribution in [3.05, 3.63) is 60.2 Å². The molecule has 82 valence electrons. The SMILES string of the molecule is C[C@H](O)c1cccc(Oc2ccccc2)c1. The standard InChI is InChI=1S/C14H14O2/c1-11(15)12-6-5-9-14(10-12)16-13-7-3-2-4-8-13/h2-11,15H,1H3/t11-/m0/s1. The van der Waals surface area contributed by atoms with Gasteiger partial charge in [-0.1, -0.05) is 30.3 Å². The molecule has 0 unspecified atom stereocenters. The third-order valence-corrected chi connectivity index (χ3v) is 2.32. The first-order valence-electron chi connectivity index (χ1n) is 5.26. The van der Waals surface area contributed by atoms with Crippen molar-refractivity contribution < 1.29 is 9.84 Å². The molecule has 0 heterocycles. The molecule has 0 amide bonds. The molecule has 1 N–H and O–H groups in total. The fourth-order valence-corrected chi connectivity index (χ4v) is 1.46. The number of para-hydroxylation sites is 1. The van der Waals surface area contributed by atoms with Crippen molar-refractivity contribution in [3.63, 3.8) is 0 Å². The van der Waals surface area contributed by atoms with Crippen LogP contribution in [-0.4, -0.2) is 5.11 Å². The molecule has 2 aromatic rings. The van der Waals surface area contributed by atoms with Crippen LogP contribution in [0.1, 0.15) is 18.6 Å². The molecule has 0 aliphatic rings. The highest BCUT2D eigenvalue weighted by molar-refractivity contribution is 5.34. The normalized spacial score (nSPS) is 12.1. The second-order valence-corrected chi connectivity index (χ2v) is 3.66. The van der Waals surface area contributed by atoms with E-state index in [4.69, 9.17) is 4.74 Å². The average molecular weight is 214 g/mol. The first-order valence-corrected chi connectivity index (χ1v) is 5.26. The Bertz CT molecular complexity index is 449. The van der Waals surface area contributed by atoms with Crippen LogP contribution in [0.5, 0.6) is 11.5 Å². The van der Waals surface area contributed by atoms with Gasteiger partial charge < -0.3 is 9.84 Å². The first kappa shape index (κ1) is 10.7. The van der Waals surface area contributed by atoms with Crippen LogP contribution in [0.4, 0.5) is 0 Å². The maximum Gasteiger partial charge on any atom is 0.127 e. The molecular weight excluding hydrogens is 200 g/mol. The summed E-state index contributed by atoms with van der Waals surface area (Å²) in [6.07, 6.45) is -0.473. The van der Waals surface area contributed by atoms with Gasteiger partial charge in [0.25, 0.3) is 0 Å². The number of ether oxygens (including phenoxy) is 1. The number of aliphatic hydroxyl groups excluding tert-OH is 1. The third-order valence-electron chi connectivity index (χ3n) is 2.32. The lowest BCUT2D eigenvalue weighted by Crippen LogP contribution is -1.91. The zero-order valence-corrected chi connectivity index (χ0v) is 9.13. The van der Waals surface area contributed by atoms with Crippen LogP contribution in [-0.2, 0) is 0 Å². The van der Waals surface area contributed by atoms with Gasteiger partial charge in [-0.3, -0.25) is 0 Å². The van der Waals surface area contributed by atoms with E-state index in [-0.39, 0.29) is 0 Å². The molecular formula is C14H14O2. The minimum Gasteiger partial charge on any atom is -0.457 e. The van der Waals surface area contributed by atoms with Gasteiger partial charge >= 0.3 is 0 Å². The molecule has 0 saturated carbocycles. The highest BCUT2D eigenvalue weighted by atomic mass is 16.5. The fourth-order valence-electron chi connectivity index (χ4n) is 1.46. The lowest BCUT2D eigenvalue weighted by Gasteiger charge is -2.08. The number of aliphatic hydroxyl groups is 1. The van der Waals surface area contributed by atoms with Crippen molar-refractivity contribution in [2.45, 2.75) is 13.0 Å². The van der Waals surface area contributed by atoms with Gasteiger partial charge in [0.1, 0.15) is 11.5 Å². The highest BCUT2D eigenvalue weighted by Gasteiger charge is 2.02. The molecule has 16 heavy (non-hydrogen) atoms. The first-order chi connectivity index (χ1) is 7.75. The van der Waals surface area contributed by atoms with E-state index in [1.807, 2.05) is 54.6 Å². The van der Waals surface area contributed by atoms with Gasteiger partial charge in [0.15, 0.2) is 0 Å². The summed E-state index contributed by atoms with van der Waals surface area (Å²) in [6.45, 7) is 1.74. The third kappa shape index (κ3) is 2.61. The predicted octanol–water partition coefficient (Wildman–Crippen LogP) is 3.53. The van der Waals surface area contributed by atoms with Crippen LogP contribution in [0.25, 0.3) is 0 Å². The van der Waals surface area contributed by atoms with Gasteiger partial charge in [-0.25, -0.2) is 0 Å². The van der Waals surface area contributed by atoms with Crippen LogP contribution in [0.2, 0.25) is 0 Å². The van der Waals surface area contributed by atoms with E-state index >= 15 is 0 Å². The maximum atomic E-state index is 9.46. The molecule has 2 nitrogen and oxygen atoms in total. The largest absolute Gasteiger partial charge is 0.457 e. The van der Waals surface area contributed by atoms with Gasteiger partial charge in [0, 0.05) is 0 Å². The molecule has 0 fully saturated rings. The summed E-state index contributed by atoms with van der Waals surface area (Å²) in [5, 5.41) is 9.46. The summed E-state index contributed by atoms with van der Waals surface area (Å²) < 4.78 is 5.66. The zero-order valence-electron chi connectivity index (χ0n) is 9.13. The number of hydrogen-bond acceptors (Lipinski definition) is 2. The van der Waals surface area contributed by atoms with Crippen LogP contribution in [0.3, 0.4) is 0 Å². The molecule has 2 rings (SSSR count). The van der Waals surface area contributed by atoms with Crippen LogP contribution >= 0.6 is 0 Å². The van der Waals surface area contributed by atoms with Crippen molar-refractivity contribution in [3.8, 4) is 11.5 Å². The molecule has 0 aliphatic heterocycles. The lowest BCUT2D eigenvalue weighted by molar-refractivity contribution is 0.199. The summed E-state index contributed by atoms with van der Waals surface area (Å²) in [6, 6.07) is 17.1. The van der Waals surface area contributed by atoms with E-state index < -0.39 is 6.10 Å². The molecule has 0 aromatic heterocycles. The Morgan fingerprint density at radius 3 is 2.31 bits per heavy atom. The smallest absolute Gasteiger partial charge is 0.127 e. The summed E-state index contributed by atoms with van der Waals surface area (Å²) >= 11 is 0. The van der Waals surface area contributed by atoms with Gasteiger partial charge in [0.05, 0.1) is 6.10 Å². The summed E-state index contributed by atoms with van der Waals surface area (Å²) in [4.78, 5) is 0. The maximum absolute atomic E-state index is 9.46. The topological polar surface area (TPSA) is 29.5 Å². The highest BCUT2D eigenvalue weighted by Crippen LogP contribution is 2.24. The minimum atomic E-state index is -0.473. The van der Waals surface area contributed by atoms with Gasteiger partial charge in [-0.15, -0.1) is 0 Å². The van der Waals surface area contributed by atoms with Crippen molar-refractivity contribution in [2.24, 2.45) is 0 Å². The van der Waals surface area contributed by atoms with E-state index in [9.17, 15) is 5.11 Å². The van der Waals surface area contributed by atoms with Crippen molar-refractivity contribution in [1.82, 2.24) is 0 Å². The molecule has 0 bridgehead atoms. The van der Waals surface area contributed by atoms with Gasteiger partial charge in [-0.2, -0.15) is 0 Å². The molecule has 2 aromatic carbocycles. The second kappa shape index (κ2) is 4.81. The molecule has 1 atom stereocenters. The van der Waals surface area contributed by atoms with Gasteiger partial charge in [-0.05, 0) is 36.8 Å². The lowest BCUT2D eigenvalue weighted by atomic mass is 10.1. The Labute approximate surface area is 95.1 Å². The summed E-state index contributed by atoms with van der Waals surface area (Å²) in [5.74, 6) is 1.54. The molecule has 0 spiro atoms. The molecule has 0 aliphatic carbocycles. The predicted molar refractivity (Wildman–Crippen MR) is 63.6 cm³/mol. The Morgan fingerprint density at radius 2 is 1.62 bits per heavy atom. The van der Waals surface area contributed by atoms with Gasteiger partial charge in [0.2, 0.25) is 0 Å². The Morgan fingerprint density at radius 1 is 0.938 bits per heavy atom.